The molecule has 27 heavy (non-hydrogen) atoms. The fourth-order valence-corrected chi connectivity index (χ4v) is 4.92. The van der Waals surface area contributed by atoms with Gasteiger partial charge in [-0.3, -0.25) is 9.48 Å². The SMILES string of the molecule is Cc1cc(C(=O)N2CCN(c3nc4ccc(Br)cc4s3)CC2)n(C(C)C)n1. The predicted octanol–water partition coefficient (Wildman–Crippen LogP) is 4.11. The van der Waals surface area contributed by atoms with E-state index in [-0.39, 0.29) is 11.9 Å². The number of aryl methyl sites for hydroxylation is 1. The number of aromatic nitrogens is 3. The Morgan fingerprint density at radius 2 is 1.93 bits per heavy atom. The number of carbonyl (C=O) groups is 1. The van der Waals surface area contributed by atoms with Gasteiger partial charge in [0, 0.05) is 36.7 Å². The molecule has 3 aromatic rings. The number of carbonyl (C=O) groups excluding carboxylic acids is 1. The summed E-state index contributed by atoms with van der Waals surface area (Å²) in [6.07, 6.45) is 0. The van der Waals surface area contributed by atoms with E-state index in [2.05, 4.69) is 32.0 Å². The first kappa shape index (κ1) is 18.4. The molecule has 3 heterocycles. The van der Waals surface area contributed by atoms with Crippen molar-refractivity contribution < 1.29 is 4.79 Å². The van der Waals surface area contributed by atoms with Crippen LogP contribution >= 0.6 is 27.3 Å². The van der Waals surface area contributed by atoms with Gasteiger partial charge in [0.2, 0.25) is 0 Å². The van der Waals surface area contributed by atoms with Crippen LogP contribution in [0.4, 0.5) is 5.13 Å². The Bertz CT molecular complexity index is 987. The minimum Gasteiger partial charge on any atom is -0.345 e. The van der Waals surface area contributed by atoms with Crippen LogP contribution in [-0.4, -0.2) is 51.8 Å². The van der Waals surface area contributed by atoms with Gasteiger partial charge in [-0.2, -0.15) is 5.10 Å². The van der Waals surface area contributed by atoms with Gasteiger partial charge in [-0.25, -0.2) is 4.98 Å². The van der Waals surface area contributed by atoms with Crippen molar-refractivity contribution in [2.24, 2.45) is 0 Å². The van der Waals surface area contributed by atoms with Crippen molar-refractivity contribution in [1.82, 2.24) is 19.7 Å². The van der Waals surface area contributed by atoms with Gasteiger partial charge in [-0.1, -0.05) is 27.3 Å². The van der Waals surface area contributed by atoms with Crippen LogP contribution < -0.4 is 4.90 Å². The van der Waals surface area contributed by atoms with Crippen molar-refractivity contribution in [3.05, 3.63) is 40.1 Å². The van der Waals surface area contributed by atoms with E-state index >= 15 is 0 Å². The second-order valence-corrected chi connectivity index (χ2v) is 9.02. The van der Waals surface area contributed by atoms with Crippen LogP contribution in [0.2, 0.25) is 0 Å². The summed E-state index contributed by atoms with van der Waals surface area (Å²) in [5.74, 6) is 0.0668. The smallest absolute Gasteiger partial charge is 0.272 e. The maximum absolute atomic E-state index is 13.0. The molecule has 1 fully saturated rings. The number of hydrogen-bond acceptors (Lipinski definition) is 5. The van der Waals surface area contributed by atoms with Gasteiger partial charge in [0.25, 0.3) is 5.91 Å². The summed E-state index contributed by atoms with van der Waals surface area (Å²) in [6.45, 7) is 9.00. The van der Waals surface area contributed by atoms with E-state index in [0.717, 1.165) is 33.9 Å². The summed E-state index contributed by atoms with van der Waals surface area (Å²) in [5, 5.41) is 5.49. The molecule has 1 aromatic carbocycles. The Morgan fingerprint density at radius 1 is 1.19 bits per heavy atom. The molecule has 0 bridgehead atoms. The highest BCUT2D eigenvalue weighted by Gasteiger charge is 2.26. The highest BCUT2D eigenvalue weighted by molar-refractivity contribution is 9.10. The second kappa shape index (κ2) is 7.24. The minimum atomic E-state index is 0.0668. The molecule has 0 N–H and O–H groups in total. The van der Waals surface area contributed by atoms with E-state index in [1.54, 1.807) is 11.3 Å². The molecule has 6 nitrogen and oxygen atoms in total. The molecular weight excluding hydrogens is 426 g/mol. The third kappa shape index (κ3) is 3.60. The molecule has 0 atom stereocenters. The summed E-state index contributed by atoms with van der Waals surface area (Å²) in [5.41, 5.74) is 2.58. The molecule has 0 spiro atoms. The molecule has 1 aliphatic rings. The average molecular weight is 448 g/mol. The maximum Gasteiger partial charge on any atom is 0.272 e. The number of benzene rings is 1. The van der Waals surface area contributed by atoms with E-state index in [1.807, 2.05) is 48.6 Å². The molecule has 0 radical (unpaired) electrons. The van der Waals surface area contributed by atoms with Crippen molar-refractivity contribution in [3.8, 4) is 0 Å². The van der Waals surface area contributed by atoms with Crippen LogP contribution in [0.15, 0.2) is 28.7 Å². The van der Waals surface area contributed by atoms with Crippen LogP contribution in [0.25, 0.3) is 10.2 Å². The van der Waals surface area contributed by atoms with Gasteiger partial charge in [0.05, 0.1) is 15.9 Å². The lowest BCUT2D eigenvalue weighted by Crippen LogP contribution is -2.49. The normalized spacial score (nSPS) is 15.1. The number of anilines is 1. The third-order valence-corrected chi connectivity index (χ3v) is 6.31. The summed E-state index contributed by atoms with van der Waals surface area (Å²) >= 11 is 5.22. The molecule has 1 saturated heterocycles. The minimum absolute atomic E-state index is 0.0668. The van der Waals surface area contributed by atoms with Crippen molar-refractivity contribution in [3.63, 3.8) is 0 Å². The third-order valence-electron chi connectivity index (χ3n) is 4.74. The fraction of sp³-hybridized carbons (Fsp3) is 0.421. The van der Waals surface area contributed by atoms with Crippen molar-refractivity contribution in [1.29, 1.82) is 0 Å². The lowest BCUT2D eigenvalue weighted by Gasteiger charge is -2.34. The van der Waals surface area contributed by atoms with Crippen LogP contribution in [0.1, 0.15) is 36.1 Å². The first-order chi connectivity index (χ1) is 12.9. The van der Waals surface area contributed by atoms with Gasteiger partial charge in [0.15, 0.2) is 5.13 Å². The Kier molecular flexibility index (Phi) is 4.94. The molecule has 4 rings (SSSR count). The second-order valence-electron chi connectivity index (χ2n) is 7.10. The fourth-order valence-electron chi connectivity index (χ4n) is 3.35. The monoisotopic (exact) mass is 447 g/mol. The van der Waals surface area contributed by atoms with E-state index in [0.29, 0.717) is 18.8 Å². The molecule has 0 saturated carbocycles. The lowest BCUT2D eigenvalue weighted by molar-refractivity contribution is 0.0732. The number of thiazole rings is 1. The van der Waals surface area contributed by atoms with Gasteiger partial charge < -0.3 is 9.80 Å². The molecule has 1 aliphatic heterocycles. The lowest BCUT2D eigenvalue weighted by atomic mass is 10.2. The number of nitrogens with zero attached hydrogens (tertiary/aromatic N) is 5. The largest absolute Gasteiger partial charge is 0.345 e. The van der Waals surface area contributed by atoms with E-state index in [9.17, 15) is 4.79 Å². The van der Waals surface area contributed by atoms with Gasteiger partial charge in [-0.15, -0.1) is 0 Å². The van der Waals surface area contributed by atoms with Crippen LogP contribution in [0.5, 0.6) is 0 Å². The first-order valence-electron chi connectivity index (χ1n) is 9.09. The average Bonchev–Trinajstić information content (AvgIpc) is 3.24. The summed E-state index contributed by atoms with van der Waals surface area (Å²) in [7, 11) is 0. The van der Waals surface area contributed by atoms with Gasteiger partial charge in [0.1, 0.15) is 5.69 Å². The molecule has 2 aromatic heterocycles. The number of amides is 1. The van der Waals surface area contributed by atoms with Gasteiger partial charge >= 0.3 is 0 Å². The van der Waals surface area contributed by atoms with Crippen molar-refractivity contribution >= 4 is 48.5 Å². The number of rotatable bonds is 3. The van der Waals surface area contributed by atoms with Crippen LogP contribution in [-0.2, 0) is 0 Å². The number of fused-ring (bicyclic) bond motifs is 1. The number of hydrogen-bond donors (Lipinski definition) is 0. The van der Waals surface area contributed by atoms with E-state index in [4.69, 9.17) is 4.98 Å². The first-order valence-corrected chi connectivity index (χ1v) is 10.7. The molecule has 0 aliphatic carbocycles. The Hall–Kier alpha value is -1.93. The van der Waals surface area contributed by atoms with E-state index in [1.165, 1.54) is 4.70 Å². The predicted molar refractivity (Wildman–Crippen MR) is 113 cm³/mol. The Morgan fingerprint density at radius 3 is 2.63 bits per heavy atom. The summed E-state index contributed by atoms with van der Waals surface area (Å²) < 4.78 is 4.07. The molecule has 0 unspecified atom stereocenters. The molecule has 1 amide bonds. The zero-order valence-electron chi connectivity index (χ0n) is 15.6. The molecular formula is C19H22BrN5OS. The van der Waals surface area contributed by atoms with E-state index < -0.39 is 0 Å². The zero-order valence-corrected chi connectivity index (χ0v) is 18.0. The summed E-state index contributed by atoms with van der Waals surface area (Å²) in [4.78, 5) is 21.9. The highest BCUT2D eigenvalue weighted by Crippen LogP contribution is 2.31. The topological polar surface area (TPSA) is 54.3 Å². The van der Waals surface area contributed by atoms with Gasteiger partial charge in [-0.05, 0) is 45.0 Å². The number of piperazine rings is 1. The highest BCUT2D eigenvalue weighted by atomic mass is 79.9. The summed E-state index contributed by atoms with van der Waals surface area (Å²) in [6, 6.07) is 8.21. The Balaban J connectivity index is 1.47. The standard InChI is InChI=1S/C19H22BrN5OS/c1-12(2)25-16(10-13(3)22-25)18(26)23-6-8-24(9-7-23)19-21-15-5-4-14(20)11-17(15)27-19/h4-5,10-12H,6-9H2,1-3H3. The number of halogens is 1. The quantitative estimate of drug-likeness (QED) is 0.605. The maximum atomic E-state index is 13.0. The van der Waals surface area contributed by atoms with Crippen LogP contribution in [0, 0.1) is 6.92 Å². The zero-order chi connectivity index (χ0) is 19.1. The van der Waals surface area contributed by atoms with Crippen molar-refractivity contribution in [2.75, 3.05) is 31.1 Å². The Labute approximate surface area is 170 Å². The van der Waals surface area contributed by atoms with Crippen molar-refractivity contribution in [2.45, 2.75) is 26.8 Å². The molecule has 142 valence electrons. The molecule has 8 heteroatoms. The van der Waals surface area contributed by atoms with Crippen LogP contribution in [0.3, 0.4) is 0 Å².